The second-order valence-corrected chi connectivity index (χ2v) is 6.39. The lowest BCUT2D eigenvalue weighted by atomic mass is 9.81. The molecule has 0 spiro atoms. The van der Waals surface area contributed by atoms with E-state index in [9.17, 15) is 0 Å². The number of nitrogens with two attached hydrogens (primary N) is 1. The van der Waals surface area contributed by atoms with Gasteiger partial charge in [-0.2, -0.15) is 0 Å². The van der Waals surface area contributed by atoms with Gasteiger partial charge >= 0.3 is 0 Å². The predicted octanol–water partition coefficient (Wildman–Crippen LogP) is 2.55. The minimum absolute atomic E-state index is 0.421. The lowest BCUT2D eigenvalue weighted by Gasteiger charge is -2.50. The lowest BCUT2D eigenvalue weighted by molar-refractivity contribution is -0.000568. The van der Waals surface area contributed by atoms with Crippen LogP contribution in [0.2, 0.25) is 0 Å². The third kappa shape index (κ3) is 2.14. The fraction of sp³-hybridized carbons (Fsp3) is 0.769. The molecule has 0 saturated carbocycles. The van der Waals surface area contributed by atoms with E-state index in [-0.39, 0.29) is 0 Å². The van der Waals surface area contributed by atoms with Crippen LogP contribution in [0.4, 0.5) is 0 Å². The Kier molecular flexibility index (Phi) is 3.19. The van der Waals surface area contributed by atoms with Crippen LogP contribution in [0.5, 0.6) is 0 Å². The van der Waals surface area contributed by atoms with Crippen molar-refractivity contribution in [1.29, 1.82) is 0 Å². The maximum atomic E-state index is 6.17. The molecule has 0 amide bonds. The standard InChI is InChI=1S/C13H21N3S/c1-9(13-15-5-6-17-13)16-11-3-2-4-12(16)8-10(14)7-11/h5-6,9-12H,2-4,7-8,14H2,1H3. The molecule has 2 saturated heterocycles. The van der Waals surface area contributed by atoms with Crippen molar-refractivity contribution in [2.45, 2.75) is 63.2 Å². The normalized spacial score (nSPS) is 35.8. The van der Waals surface area contributed by atoms with Crippen LogP contribution in [-0.2, 0) is 0 Å². The van der Waals surface area contributed by atoms with Crippen molar-refractivity contribution in [3.05, 3.63) is 16.6 Å². The zero-order chi connectivity index (χ0) is 11.8. The molecule has 94 valence electrons. The molecule has 4 heteroatoms. The van der Waals surface area contributed by atoms with Gasteiger partial charge in [-0.05, 0) is 32.6 Å². The van der Waals surface area contributed by atoms with Gasteiger partial charge in [0.05, 0.1) is 6.04 Å². The molecular weight excluding hydrogens is 230 g/mol. The van der Waals surface area contributed by atoms with E-state index in [1.165, 1.54) is 37.1 Å². The highest BCUT2D eigenvalue weighted by Gasteiger charge is 2.40. The summed E-state index contributed by atoms with van der Waals surface area (Å²) in [5.74, 6) is 0. The van der Waals surface area contributed by atoms with E-state index >= 15 is 0 Å². The Balaban J connectivity index is 1.82. The smallest absolute Gasteiger partial charge is 0.109 e. The zero-order valence-corrected chi connectivity index (χ0v) is 11.2. The first kappa shape index (κ1) is 11.6. The summed E-state index contributed by atoms with van der Waals surface area (Å²) >= 11 is 1.78. The zero-order valence-electron chi connectivity index (χ0n) is 10.4. The van der Waals surface area contributed by atoms with Gasteiger partial charge in [-0.25, -0.2) is 4.98 Å². The summed E-state index contributed by atoms with van der Waals surface area (Å²) in [6, 6.07) is 2.27. The summed E-state index contributed by atoms with van der Waals surface area (Å²) < 4.78 is 0. The van der Waals surface area contributed by atoms with Gasteiger partial charge in [0.2, 0.25) is 0 Å². The van der Waals surface area contributed by atoms with Gasteiger partial charge in [0.25, 0.3) is 0 Å². The minimum Gasteiger partial charge on any atom is -0.328 e. The van der Waals surface area contributed by atoms with E-state index in [1.807, 2.05) is 6.20 Å². The number of rotatable bonds is 2. The molecule has 3 nitrogen and oxygen atoms in total. The fourth-order valence-corrected chi connectivity index (χ4v) is 4.36. The number of hydrogen-bond donors (Lipinski definition) is 1. The Hall–Kier alpha value is -0.450. The molecule has 2 aliphatic heterocycles. The van der Waals surface area contributed by atoms with E-state index < -0.39 is 0 Å². The molecule has 1 aromatic heterocycles. The van der Waals surface area contributed by atoms with Crippen LogP contribution in [0.25, 0.3) is 0 Å². The van der Waals surface area contributed by atoms with Crippen molar-refractivity contribution in [2.24, 2.45) is 5.73 Å². The van der Waals surface area contributed by atoms with E-state index in [0.717, 1.165) is 0 Å². The molecule has 2 N–H and O–H groups in total. The van der Waals surface area contributed by atoms with Crippen LogP contribution >= 0.6 is 11.3 Å². The highest BCUT2D eigenvalue weighted by Crippen LogP contribution is 2.39. The van der Waals surface area contributed by atoms with Crippen LogP contribution in [0.15, 0.2) is 11.6 Å². The van der Waals surface area contributed by atoms with E-state index in [2.05, 4.69) is 22.2 Å². The first-order chi connectivity index (χ1) is 8.25. The van der Waals surface area contributed by atoms with Gasteiger partial charge in [-0.1, -0.05) is 6.42 Å². The number of thiazole rings is 1. The van der Waals surface area contributed by atoms with Crippen LogP contribution in [0.3, 0.4) is 0 Å². The number of piperidine rings is 2. The SMILES string of the molecule is CC(c1nccs1)N1C2CCCC1CC(N)C2. The van der Waals surface area contributed by atoms with Crippen LogP contribution in [-0.4, -0.2) is 28.0 Å². The number of fused-ring (bicyclic) bond motifs is 2. The minimum atomic E-state index is 0.421. The number of aromatic nitrogens is 1. The second-order valence-electron chi connectivity index (χ2n) is 5.46. The Labute approximate surface area is 107 Å². The van der Waals surface area contributed by atoms with Gasteiger partial charge < -0.3 is 5.73 Å². The topological polar surface area (TPSA) is 42.2 Å². The van der Waals surface area contributed by atoms with Gasteiger partial charge in [0, 0.05) is 29.7 Å². The van der Waals surface area contributed by atoms with Gasteiger partial charge in [-0.3, -0.25) is 4.90 Å². The van der Waals surface area contributed by atoms with Crippen molar-refractivity contribution in [3.8, 4) is 0 Å². The Morgan fingerprint density at radius 3 is 2.71 bits per heavy atom. The van der Waals surface area contributed by atoms with Gasteiger partial charge in [0.15, 0.2) is 0 Å². The van der Waals surface area contributed by atoms with Crippen molar-refractivity contribution >= 4 is 11.3 Å². The molecule has 0 aromatic carbocycles. The Bertz CT molecular complexity index is 351. The van der Waals surface area contributed by atoms with Crippen molar-refractivity contribution < 1.29 is 0 Å². The van der Waals surface area contributed by atoms with Crippen molar-refractivity contribution in [3.63, 3.8) is 0 Å². The lowest BCUT2D eigenvalue weighted by Crippen LogP contribution is -2.55. The van der Waals surface area contributed by atoms with Gasteiger partial charge in [0.1, 0.15) is 5.01 Å². The monoisotopic (exact) mass is 251 g/mol. The van der Waals surface area contributed by atoms with Crippen LogP contribution in [0.1, 0.15) is 50.1 Å². The number of hydrogen-bond acceptors (Lipinski definition) is 4. The fourth-order valence-electron chi connectivity index (χ4n) is 3.66. The summed E-state index contributed by atoms with van der Waals surface area (Å²) in [7, 11) is 0. The molecule has 3 atom stereocenters. The predicted molar refractivity (Wildman–Crippen MR) is 71.0 cm³/mol. The molecule has 17 heavy (non-hydrogen) atoms. The number of nitrogens with zero attached hydrogens (tertiary/aromatic N) is 2. The van der Waals surface area contributed by atoms with E-state index in [1.54, 1.807) is 11.3 Å². The average molecular weight is 251 g/mol. The molecule has 2 bridgehead atoms. The molecule has 3 unspecified atom stereocenters. The molecule has 0 aliphatic carbocycles. The summed E-state index contributed by atoms with van der Waals surface area (Å²) in [6.07, 6.45) is 8.28. The second kappa shape index (κ2) is 4.67. The molecule has 2 fully saturated rings. The highest BCUT2D eigenvalue weighted by molar-refractivity contribution is 7.09. The first-order valence-corrected chi connectivity index (χ1v) is 7.56. The summed E-state index contributed by atoms with van der Waals surface area (Å²) in [6.45, 7) is 2.31. The maximum Gasteiger partial charge on any atom is 0.109 e. The average Bonchev–Trinajstić information content (AvgIpc) is 2.80. The van der Waals surface area contributed by atoms with E-state index in [4.69, 9.17) is 5.73 Å². The molecule has 1 aromatic rings. The summed E-state index contributed by atoms with van der Waals surface area (Å²) in [5.41, 5.74) is 6.17. The quantitative estimate of drug-likeness (QED) is 0.878. The van der Waals surface area contributed by atoms with Gasteiger partial charge in [-0.15, -0.1) is 11.3 Å². The molecule has 3 rings (SSSR count). The third-order valence-electron chi connectivity index (χ3n) is 4.32. The van der Waals surface area contributed by atoms with E-state index in [0.29, 0.717) is 24.2 Å². The van der Waals surface area contributed by atoms with Crippen LogP contribution < -0.4 is 5.73 Å². The summed E-state index contributed by atoms with van der Waals surface area (Å²) in [5, 5.41) is 3.34. The maximum absolute atomic E-state index is 6.17. The Morgan fingerprint density at radius 1 is 1.41 bits per heavy atom. The summed E-state index contributed by atoms with van der Waals surface area (Å²) in [4.78, 5) is 7.18. The molecular formula is C13H21N3S. The van der Waals surface area contributed by atoms with Crippen molar-refractivity contribution in [1.82, 2.24) is 9.88 Å². The van der Waals surface area contributed by atoms with Crippen molar-refractivity contribution in [2.75, 3.05) is 0 Å². The largest absolute Gasteiger partial charge is 0.328 e. The molecule has 3 heterocycles. The van der Waals surface area contributed by atoms with Crippen LogP contribution in [0, 0.1) is 0 Å². The molecule has 0 radical (unpaired) electrons. The highest BCUT2D eigenvalue weighted by atomic mass is 32.1. The first-order valence-electron chi connectivity index (χ1n) is 6.68. The Morgan fingerprint density at radius 2 is 2.12 bits per heavy atom. The third-order valence-corrected chi connectivity index (χ3v) is 5.27. The molecule has 2 aliphatic rings.